The van der Waals surface area contributed by atoms with E-state index in [2.05, 4.69) is 4.98 Å². The van der Waals surface area contributed by atoms with Crippen molar-refractivity contribution in [2.45, 2.75) is 19.4 Å². The number of aromatic nitrogens is 2. The number of carbonyl (C=O) groups is 1. The molecule has 1 fully saturated rings. The summed E-state index contributed by atoms with van der Waals surface area (Å²) < 4.78 is 7.27. The molecule has 1 aromatic rings. The molecule has 19 heavy (non-hydrogen) atoms. The van der Waals surface area contributed by atoms with Crippen LogP contribution in [0.4, 0.5) is 0 Å². The fourth-order valence-corrected chi connectivity index (χ4v) is 2.36. The first-order chi connectivity index (χ1) is 9.20. The Morgan fingerprint density at radius 1 is 1.68 bits per heavy atom. The van der Waals surface area contributed by atoms with E-state index in [-0.39, 0.29) is 5.91 Å². The molecule has 1 atom stereocenters. The standard InChI is InChI=1S/C13H22N4O2/c1-16(7-11-3-2-6-19-9-11)13(18)12-8-17(5-4-14)10-15-12/h8,10-11H,2-7,9,14H2,1H3. The van der Waals surface area contributed by atoms with Gasteiger partial charge in [-0.05, 0) is 18.8 Å². The summed E-state index contributed by atoms with van der Waals surface area (Å²) in [6, 6.07) is 0. The maximum absolute atomic E-state index is 12.2. The molecular formula is C13H22N4O2. The normalized spacial score (nSPS) is 19.4. The molecule has 6 nitrogen and oxygen atoms in total. The zero-order valence-corrected chi connectivity index (χ0v) is 11.4. The lowest BCUT2D eigenvalue weighted by Gasteiger charge is -2.26. The van der Waals surface area contributed by atoms with E-state index >= 15 is 0 Å². The highest BCUT2D eigenvalue weighted by atomic mass is 16.5. The number of amides is 1. The molecule has 0 bridgehead atoms. The zero-order valence-electron chi connectivity index (χ0n) is 11.4. The van der Waals surface area contributed by atoms with Crippen LogP contribution in [-0.2, 0) is 11.3 Å². The van der Waals surface area contributed by atoms with Crippen molar-refractivity contribution in [1.82, 2.24) is 14.5 Å². The number of carbonyl (C=O) groups excluding carboxylic acids is 1. The predicted molar refractivity (Wildman–Crippen MR) is 71.8 cm³/mol. The van der Waals surface area contributed by atoms with E-state index in [4.69, 9.17) is 10.5 Å². The molecular weight excluding hydrogens is 244 g/mol. The van der Waals surface area contributed by atoms with Gasteiger partial charge < -0.3 is 19.9 Å². The van der Waals surface area contributed by atoms with E-state index in [1.54, 1.807) is 17.4 Å². The molecule has 2 N–H and O–H groups in total. The Bertz CT molecular complexity index is 413. The molecule has 0 saturated carbocycles. The van der Waals surface area contributed by atoms with E-state index in [1.165, 1.54) is 0 Å². The lowest BCUT2D eigenvalue weighted by molar-refractivity contribution is 0.0387. The minimum atomic E-state index is -0.0404. The van der Waals surface area contributed by atoms with Gasteiger partial charge in [0.2, 0.25) is 0 Å². The van der Waals surface area contributed by atoms with Crippen molar-refractivity contribution in [2.24, 2.45) is 11.7 Å². The second-order valence-corrected chi connectivity index (χ2v) is 5.05. The summed E-state index contributed by atoms with van der Waals surface area (Å²) in [5.41, 5.74) is 5.95. The lowest BCUT2D eigenvalue weighted by atomic mass is 10.0. The Balaban J connectivity index is 1.89. The molecule has 0 spiro atoms. The summed E-state index contributed by atoms with van der Waals surface area (Å²) in [5, 5.41) is 0. The predicted octanol–water partition coefficient (Wildman–Crippen LogP) is 0.340. The summed E-state index contributed by atoms with van der Waals surface area (Å²) in [6.45, 7) is 3.54. The maximum atomic E-state index is 12.2. The van der Waals surface area contributed by atoms with Crippen molar-refractivity contribution in [3.8, 4) is 0 Å². The minimum Gasteiger partial charge on any atom is -0.381 e. The van der Waals surface area contributed by atoms with Crippen molar-refractivity contribution < 1.29 is 9.53 Å². The number of hydrogen-bond donors (Lipinski definition) is 1. The van der Waals surface area contributed by atoms with Crippen LogP contribution in [0.1, 0.15) is 23.3 Å². The van der Waals surface area contributed by atoms with E-state index in [9.17, 15) is 4.79 Å². The molecule has 0 aromatic carbocycles. The van der Waals surface area contributed by atoms with Crippen molar-refractivity contribution in [3.63, 3.8) is 0 Å². The highest BCUT2D eigenvalue weighted by Gasteiger charge is 2.20. The second kappa shape index (κ2) is 6.68. The summed E-state index contributed by atoms with van der Waals surface area (Å²) in [6.07, 6.45) is 5.61. The molecule has 0 aliphatic carbocycles. The van der Waals surface area contributed by atoms with E-state index in [0.29, 0.717) is 24.7 Å². The van der Waals surface area contributed by atoms with Crippen molar-refractivity contribution in [3.05, 3.63) is 18.2 Å². The van der Waals surface area contributed by atoms with Crippen LogP contribution in [0.3, 0.4) is 0 Å². The van der Waals surface area contributed by atoms with Gasteiger partial charge in [0.05, 0.1) is 12.9 Å². The van der Waals surface area contributed by atoms with Crippen molar-refractivity contribution in [1.29, 1.82) is 0 Å². The molecule has 0 radical (unpaired) electrons. The number of rotatable bonds is 5. The summed E-state index contributed by atoms with van der Waals surface area (Å²) in [5.74, 6) is 0.398. The Kier molecular flexibility index (Phi) is 4.93. The molecule has 6 heteroatoms. The van der Waals surface area contributed by atoms with Gasteiger partial charge in [0.15, 0.2) is 0 Å². The molecule has 1 aromatic heterocycles. The number of hydrogen-bond acceptors (Lipinski definition) is 4. The van der Waals surface area contributed by atoms with Crippen LogP contribution in [0.15, 0.2) is 12.5 Å². The number of nitrogens with zero attached hydrogens (tertiary/aromatic N) is 3. The van der Waals surface area contributed by atoms with Crippen molar-refractivity contribution >= 4 is 5.91 Å². The molecule has 1 aliphatic heterocycles. The van der Waals surface area contributed by atoms with Gasteiger partial charge in [-0.15, -0.1) is 0 Å². The second-order valence-electron chi connectivity index (χ2n) is 5.05. The van der Waals surface area contributed by atoms with Gasteiger partial charge >= 0.3 is 0 Å². The van der Waals surface area contributed by atoms with Crippen LogP contribution < -0.4 is 5.73 Å². The Morgan fingerprint density at radius 3 is 3.21 bits per heavy atom. The quantitative estimate of drug-likeness (QED) is 0.834. The van der Waals surface area contributed by atoms with Crippen LogP contribution in [0.2, 0.25) is 0 Å². The lowest BCUT2D eigenvalue weighted by Crippen LogP contribution is -2.35. The zero-order chi connectivity index (χ0) is 13.7. The third-order valence-corrected chi connectivity index (χ3v) is 3.37. The van der Waals surface area contributed by atoms with Gasteiger partial charge in [-0.3, -0.25) is 4.79 Å². The van der Waals surface area contributed by atoms with Crippen LogP contribution in [0.5, 0.6) is 0 Å². The topological polar surface area (TPSA) is 73.4 Å². The van der Waals surface area contributed by atoms with Crippen LogP contribution in [0.25, 0.3) is 0 Å². The Labute approximate surface area is 113 Å². The average Bonchev–Trinajstić information content (AvgIpc) is 2.88. The molecule has 106 valence electrons. The molecule has 2 heterocycles. The smallest absolute Gasteiger partial charge is 0.273 e. The molecule has 1 amide bonds. The highest BCUT2D eigenvalue weighted by molar-refractivity contribution is 5.91. The van der Waals surface area contributed by atoms with E-state index in [1.807, 2.05) is 11.6 Å². The highest BCUT2D eigenvalue weighted by Crippen LogP contribution is 2.15. The SMILES string of the molecule is CN(CC1CCCOC1)C(=O)c1cn(CCN)cn1. The molecule has 1 saturated heterocycles. The van der Waals surface area contributed by atoms with Crippen LogP contribution in [-0.4, -0.2) is 53.7 Å². The minimum absolute atomic E-state index is 0.0404. The molecule has 1 unspecified atom stereocenters. The largest absolute Gasteiger partial charge is 0.381 e. The van der Waals surface area contributed by atoms with Gasteiger partial charge in [-0.25, -0.2) is 4.98 Å². The Hall–Kier alpha value is -1.40. The number of nitrogens with two attached hydrogens (primary N) is 1. The fraction of sp³-hybridized carbons (Fsp3) is 0.692. The fourth-order valence-electron chi connectivity index (χ4n) is 2.36. The van der Waals surface area contributed by atoms with Gasteiger partial charge in [0, 0.05) is 39.5 Å². The number of ether oxygens (including phenoxy) is 1. The summed E-state index contributed by atoms with van der Waals surface area (Å²) in [4.78, 5) is 18.1. The first-order valence-electron chi connectivity index (χ1n) is 6.75. The summed E-state index contributed by atoms with van der Waals surface area (Å²) in [7, 11) is 1.82. The van der Waals surface area contributed by atoms with E-state index in [0.717, 1.165) is 32.6 Å². The first-order valence-corrected chi connectivity index (χ1v) is 6.75. The van der Waals surface area contributed by atoms with Gasteiger partial charge in [0.25, 0.3) is 5.91 Å². The van der Waals surface area contributed by atoms with Crippen molar-refractivity contribution in [2.75, 3.05) is 33.4 Å². The molecule has 1 aliphatic rings. The van der Waals surface area contributed by atoms with Gasteiger partial charge in [-0.1, -0.05) is 0 Å². The number of imidazole rings is 1. The Morgan fingerprint density at radius 2 is 2.53 bits per heavy atom. The van der Waals surface area contributed by atoms with Crippen LogP contribution >= 0.6 is 0 Å². The average molecular weight is 266 g/mol. The van der Waals surface area contributed by atoms with Gasteiger partial charge in [-0.2, -0.15) is 0 Å². The maximum Gasteiger partial charge on any atom is 0.273 e. The third-order valence-electron chi connectivity index (χ3n) is 3.37. The molecule has 2 rings (SSSR count). The van der Waals surface area contributed by atoms with Gasteiger partial charge in [0.1, 0.15) is 5.69 Å². The monoisotopic (exact) mass is 266 g/mol. The third kappa shape index (κ3) is 3.78. The van der Waals surface area contributed by atoms with Crippen LogP contribution in [0, 0.1) is 5.92 Å². The van der Waals surface area contributed by atoms with E-state index < -0.39 is 0 Å². The summed E-state index contributed by atoms with van der Waals surface area (Å²) >= 11 is 0. The first kappa shape index (κ1) is 14.0.